The minimum Gasteiger partial charge on any atom is -0.348 e. The van der Waals surface area contributed by atoms with Crippen LogP contribution in [0, 0.1) is 6.92 Å². The third-order valence-electron chi connectivity index (χ3n) is 5.55. The van der Waals surface area contributed by atoms with Crippen LogP contribution >= 0.6 is 11.6 Å². The molecule has 156 valence electrons. The number of nitrogens with zero attached hydrogens (tertiary/aromatic N) is 3. The van der Waals surface area contributed by atoms with E-state index in [1.165, 1.54) is 31.5 Å². The molecule has 1 aliphatic rings. The van der Waals surface area contributed by atoms with Crippen LogP contribution in [0.5, 0.6) is 0 Å². The van der Waals surface area contributed by atoms with Crippen LogP contribution in [0.25, 0.3) is 0 Å². The van der Waals surface area contributed by atoms with Crippen molar-refractivity contribution in [1.29, 1.82) is 0 Å². The molecule has 0 bridgehead atoms. The van der Waals surface area contributed by atoms with Crippen LogP contribution < -0.4 is 5.32 Å². The summed E-state index contributed by atoms with van der Waals surface area (Å²) in [5, 5.41) is 7.81. The van der Waals surface area contributed by atoms with Gasteiger partial charge in [0.25, 0.3) is 5.91 Å². The van der Waals surface area contributed by atoms with E-state index in [1.807, 2.05) is 37.3 Å². The summed E-state index contributed by atoms with van der Waals surface area (Å²) in [6.45, 7) is 6.19. The first-order valence-corrected chi connectivity index (χ1v) is 10.8. The minimum absolute atomic E-state index is 0.196. The Labute approximate surface area is 182 Å². The molecule has 0 aliphatic carbocycles. The Kier molecular flexibility index (Phi) is 6.50. The predicted octanol–water partition coefficient (Wildman–Crippen LogP) is 4.42. The van der Waals surface area contributed by atoms with Crippen molar-refractivity contribution >= 4 is 17.5 Å². The fourth-order valence-corrected chi connectivity index (χ4v) is 4.22. The van der Waals surface area contributed by atoms with Gasteiger partial charge in [-0.1, -0.05) is 66.2 Å². The lowest BCUT2D eigenvalue weighted by Gasteiger charge is -2.14. The van der Waals surface area contributed by atoms with Gasteiger partial charge in [0.1, 0.15) is 5.15 Å². The maximum Gasteiger partial charge on any atom is 0.256 e. The Bertz CT molecular complexity index is 992. The van der Waals surface area contributed by atoms with Gasteiger partial charge in [0.05, 0.1) is 17.8 Å². The number of hydrogen-bond donors (Lipinski definition) is 1. The first-order chi connectivity index (χ1) is 14.6. The first-order valence-electron chi connectivity index (χ1n) is 10.5. The molecule has 6 heteroatoms. The number of carbonyl (C=O) groups excluding carboxylic acids is 1. The van der Waals surface area contributed by atoms with E-state index in [2.05, 4.69) is 39.6 Å². The monoisotopic (exact) mass is 422 g/mol. The molecule has 5 nitrogen and oxygen atoms in total. The van der Waals surface area contributed by atoms with Gasteiger partial charge >= 0.3 is 0 Å². The number of rotatable bonds is 7. The molecule has 1 aromatic heterocycles. The average Bonchev–Trinajstić information content (AvgIpc) is 3.36. The van der Waals surface area contributed by atoms with E-state index >= 15 is 0 Å². The van der Waals surface area contributed by atoms with Gasteiger partial charge in [0, 0.05) is 13.1 Å². The number of halogens is 1. The molecule has 2 aromatic carbocycles. The summed E-state index contributed by atoms with van der Waals surface area (Å²) >= 11 is 6.49. The summed E-state index contributed by atoms with van der Waals surface area (Å²) in [7, 11) is 0. The second-order valence-corrected chi connectivity index (χ2v) is 8.23. The normalized spacial score (nSPS) is 14.2. The van der Waals surface area contributed by atoms with Gasteiger partial charge in [0.2, 0.25) is 0 Å². The summed E-state index contributed by atoms with van der Waals surface area (Å²) in [5.74, 6) is -0.196. The van der Waals surface area contributed by atoms with Crippen LogP contribution in [-0.2, 0) is 19.6 Å². The molecule has 1 aliphatic heterocycles. The highest BCUT2D eigenvalue weighted by atomic mass is 35.5. The van der Waals surface area contributed by atoms with E-state index < -0.39 is 0 Å². The smallest absolute Gasteiger partial charge is 0.256 e. The molecule has 0 atom stereocenters. The number of benzene rings is 2. The lowest BCUT2D eigenvalue weighted by atomic mass is 10.1. The summed E-state index contributed by atoms with van der Waals surface area (Å²) in [5.41, 5.74) is 4.54. The topological polar surface area (TPSA) is 50.2 Å². The molecule has 4 rings (SSSR count). The molecule has 1 saturated heterocycles. The van der Waals surface area contributed by atoms with Crippen molar-refractivity contribution in [2.75, 3.05) is 13.1 Å². The Morgan fingerprint density at radius 3 is 2.30 bits per heavy atom. The summed E-state index contributed by atoms with van der Waals surface area (Å²) in [6.07, 6.45) is 2.60. The number of nitrogens with one attached hydrogen (secondary N) is 1. The third kappa shape index (κ3) is 4.91. The fraction of sp³-hybridized carbons (Fsp3) is 0.333. The molecule has 3 aromatic rings. The molecule has 30 heavy (non-hydrogen) atoms. The second-order valence-electron chi connectivity index (χ2n) is 7.88. The molecule has 0 unspecified atom stereocenters. The van der Waals surface area contributed by atoms with Gasteiger partial charge in [0.15, 0.2) is 0 Å². The Hall–Kier alpha value is -2.63. The number of hydrogen-bond acceptors (Lipinski definition) is 3. The van der Waals surface area contributed by atoms with E-state index in [-0.39, 0.29) is 5.91 Å². The quantitative estimate of drug-likeness (QED) is 0.613. The molecule has 1 amide bonds. The van der Waals surface area contributed by atoms with Gasteiger partial charge < -0.3 is 5.32 Å². The number of carbonyl (C=O) groups is 1. The van der Waals surface area contributed by atoms with Gasteiger partial charge in [-0.3, -0.25) is 9.69 Å². The fourth-order valence-electron chi connectivity index (χ4n) is 3.90. The first kappa shape index (κ1) is 20.6. The van der Waals surface area contributed by atoms with Gasteiger partial charge in [-0.2, -0.15) is 5.10 Å². The van der Waals surface area contributed by atoms with Crippen molar-refractivity contribution in [3.8, 4) is 0 Å². The lowest BCUT2D eigenvalue weighted by Crippen LogP contribution is -2.23. The molecule has 0 saturated carbocycles. The standard InChI is InChI=1S/C24H27ClN4O/c1-18-22(23(25)29(27-18)17-20-7-3-2-4-8-20)24(30)26-15-19-9-11-21(12-10-19)16-28-13-5-6-14-28/h2-4,7-12H,5-6,13-17H2,1H3,(H,26,30). The highest BCUT2D eigenvalue weighted by Gasteiger charge is 2.20. The van der Waals surface area contributed by atoms with Gasteiger partial charge in [-0.15, -0.1) is 0 Å². The largest absolute Gasteiger partial charge is 0.348 e. The van der Waals surface area contributed by atoms with Crippen molar-refractivity contribution in [1.82, 2.24) is 20.0 Å². The van der Waals surface area contributed by atoms with Crippen molar-refractivity contribution in [2.24, 2.45) is 0 Å². The lowest BCUT2D eigenvalue weighted by molar-refractivity contribution is 0.0950. The van der Waals surface area contributed by atoms with Gasteiger partial charge in [-0.25, -0.2) is 4.68 Å². The van der Waals surface area contributed by atoms with E-state index in [4.69, 9.17) is 11.6 Å². The van der Waals surface area contributed by atoms with E-state index in [0.717, 1.165) is 17.7 Å². The summed E-state index contributed by atoms with van der Waals surface area (Å²) in [6, 6.07) is 18.4. The van der Waals surface area contributed by atoms with Crippen LogP contribution in [0.1, 0.15) is 45.6 Å². The molecule has 2 heterocycles. The molecule has 0 radical (unpaired) electrons. The van der Waals surface area contributed by atoms with Crippen LogP contribution in [0.3, 0.4) is 0 Å². The van der Waals surface area contributed by atoms with Crippen LogP contribution in [0.2, 0.25) is 5.15 Å². The van der Waals surface area contributed by atoms with Crippen LogP contribution in [0.4, 0.5) is 0 Å². The second kappa shape index (κ2) is 9.45. The average molecular weight is 423 g/mol. The predicted molar refractivity (Wildman–Crippen MR) is 120 cm³/mol. The van der Waals surface area contributed by atoms with Crippen LogP contribution in [0.15, 0.2) is 54.6 Å². The summed E-state index contributed by atoms with van der Waals surface area (Å²) < 4.78 is 1.67. The summed E-state index contributed by atoms with van der Waals surface area (Å²) in [4.78, 5) is 15.2. The number of aromatic nitrogens is 2. The zero-order valence-electron chi connectivity index (χ0n) is 17.3. The maximum atomic E-state index is 12.8. The van der Waals surface area contributed by atoms with Gasteiger partial charge in [-0.05, 0) is 49.5 Å². The Balaban J connectivity index is 1.37. The van der Waals surface area contributed by atoms with E-state index in [1.54, 1.807) is 4.68 Å². The zero-order valence-corrected chi connectivity index (χ0v) is 18.0. The molecule has 1 N–H and O–H groups in total. The highest BCUT2D eigenvalue weighted by Crippen LogP contribution is 2.21. The number of likely N-dealkylation sites (tertiary alicyclic amines) is 1. The van der Waals surface area contributed by atoms with Crippen LogP contribution in [-0.4, -0.2) is 33.7 Å². The molecular formula is C24H27ClN4O. The number of amides is 1. The third-order valence-corrected chi connectivity index (χ3v) is 5.93. The van der Waals surface area contributed by atoms with Crippen molar-refractivity contribution in [3.63, 3.8) is 0 Å². The Morgan fingerprint density at radius 2 is 1.60 bits per heavy atom. The maximum absolute atomic E-state index is 12.8. The molecular weight excluding hydrogens is 396 g/mol. The SMILES string of the molecule is Cc1nn(Cc2ccccc2)c(Cl)c1C(=O)NCc1ccc(CN2CCCC2)cc1. The van der Waals surface area contributed by atoms with Crippen molar-refractivity contribution < 1.29 is 4.79 Å². The van der Waals surface area contributed by atoms with E-state index in [0.29, 0.717) is 29.5 Å². The molecule has 1 fully saturated rings. The van der Waals surface area contributed by atoms with E-state index in [9.17, 15) is 4.79 Å². The zero-order chi connectivity index (χ0) is 20.9. The van der Waals surface area contributed by atoms with Crippen molar-refractivity contribution in [2.45, 2.75) is 39.4 Å². The number of aryl methyl sites for hydroxylation is 1. The highest BCUT2D eigenvalue weighted by molar-refractivity contribution is 6.33. The minimum atomic E-state index is -0.196. The Morgan fingerprint density at radius 1 is 0.967 bits per heavy atom. The molecule has 0 spiro atoms. The van der Waals surface area contributed by atoms with Crippen molar-refractivity contribution in [3.05, 3.63) is 87.7 Å².